The van der Waals surface area contributed by atoms with E-state index < -0.39 is 0 Å². The predicted molar refractivity (Wildman–Crippen MR) is 80.9 cm³/mol. The van der Waals surface area contributed by atoms with E-state index in [0.717, 1.165) is 35.3 Å². The first-order valence-corrected chi connectivity index (χ1v) is 7.72. The second kappa shape index (κ2) is 7.16. The molecule has 106 valence electrons. The SMILES string of the molecule is CCNCc1cc(Cl)ccc1OC1CCC(C)CC1. The highest BCUT2D eigenvalue weighted by Crippen LogP contribution is 2.30. The molecule has 0 spiro atoms. The fraction of sp³-hybridized carbons (Fsp3) is 0.625. The molecule has 0 aromatic heterocycles. The van der Waals surface area contributed by atoms with Crippen molar-refractivity contribution < 1.29 is 4.74 Å². The second-order valence-electron chi connectivity index (χ2n) is 5.53. The van der Waals surface area contributed by atoms with E-state index in [-0.39, 0.29) is 0 Å². The zero-order valence-corrected chi connectivity index (χ0v) is 12.7. The van der Waals surface area contributed by atoms with Crippen molar-refractivity contribution in [3.63, 3.8) is 0 Å². The van der Waals surface area contributed by atoms with Gasteiger partial charge in [-0.05, 0) is 56.3 Å². The zero-order chi connectivity index (χ0) is 13.7. The van der Waals surface area contributed by atoms with Gasteiger partial charge in [-0.3, -0.25) is 0 Å². The molecule has 0 aliphatic heterocycles. The van der Waals surface area contributed by atoms with Gasteiger partial charge in [0, 0.05) is 17.1 Å². The Hall–Kier alpha value is -0.730. The van der Waals surface area contributed by atoms with Crippen LogP contribution in [0, 0.1) is 5.92 Å². The normalized spacial score (nSPS) is 23.3. The van der Waals surface area contributed by atoms with Crippen LogP contribution in [0.15, 0.2) is 18.2 Å². The van der Waals surface area contributed by atoms with Crippen LogP contribution in [-0.2, 0) is 6.54 Å². The Balaban J connectivity index is 2.02. The molecule has 0 amide bonds. The Kier molecular flexibility index (Phi) is 5.53. The van der Waals surface area contributed by atoms with Gasteiger partial charge in [-0.15, -0.1) is 0 Å². The minimum absolute atomic E-state index is 0.373. The monoisotopic (exact) mass is 281 g/mol. The molecule has 1 saturated carbocycles. The predicted octanol–water partition coefficient (Wildman–Crippen LogP) is 4.41. The van der Waals surface area contributed by atoms with E-state index in [1.165, 1.54) is 25.7 Å². The first-order chi connectivity index (χ1) is 9.19. The Labute approximate surface area is 121 Å². The number of ether oxygens (including phenoxy) is 1. The lowest BCUT2D eigenvalue weighted by Crippen LogP contribution is -2.24. The van der Waals surface area contributed by atoms with E-state index in [2.05, 4.69) is 19.2 Å². The summed E-state index contributed by atoms with van der Waals surface area (Å²) in [6.45, 7) is 6.20. The lowest BCUT2D eigenvalue weighted by molar-refractivity contribution is 0.134. The molecule has 0 unspecified atom stereocenters. The molecule has 1 aliphatic carbocycles. The Morgan fingerprint density at radius 2 is 2.00 bits per heavy atom. The molecular formula is C16H24ClNO. The van der Waals surface area contributed by atoms with Crippen LogP contribution in [-0.4, -0.2) is 12.6 Å². The summed E-state index contributed by atoms with van der Waals surface area (Å²) >= 11 is 6.07. The van der Waals surface area contributed by atoms with Crippen molar-refractivity contribution in [1.29, 1.82) is 0 Å². The molecule has 1 aliphatic rings. The quantitative estimate of drug-likeness (QED) is 0.863. The van der Waals surface area contributed by atoms with Crippen molar-refractivity contribution in [3.05, 3.63) is 28.8 Å². The molecule has 19 heavy (non-hydrogen) atoms. The summed E-state index contributed by atoms with van der Waals surface area (Å²) in [7, 11) is 0. The average Bonchev–Trinajstić information content (AvgIpc) is 2.41. The fourth-order valence-electron chi connectivity index (χ4n) is 2.59. The topological polar surface area (TPSA) is 21.3 Å². The zero-order valence-electron chi connectivity index (χ0n) is 11.9. The Morgan fingerprint density at radius 1 is 1.26 bits per heavy atom. The van der Waals surface area contributed by atoms with Gasteiger partial charge < -0.3 is 10.1 Å². The molecule has 0 saturated heterocycles. The van der Waals surface area contributed by atoms with Gasteiger partial charge in [0.2, 0.25) is 0 Å². The van der Waals surface area contributed by atoms with Gasteiger partial charge in [-0.2, -0.15) is 0 Å². The molecule has 3 heteroatoms. The van der Waals surface area contributed by atoms with Gasteiger partial charge in [0.15, 0.2) is 0 Å². The highest BCUT2D eigenvalue weighted by molar-refractivity contribution is 6.30. The van der Waals surface area contributed by atoms with Crippen LogP contribution < -0.4 is 10.1 Å². The number of halogens is 1. The average molecular weight is 282 g/mol. The van der Waals surface area contributed by atoms with Gasteiger partial charge in [0.1, 0.15) is 5.75 Å². The van der Waals surface area contributed by atoms with Gasteiger partial charge in [0.25, 0.3) is 0 Å². The van der Waals surface area contributed by atoms with E-state index in [1.807, 2.05) is 18.2 Å². The second-order valence-corrected chi connectivity index (χ2v) is 5.97. The number of benzene rings is 1. The van der Waals surface area contributed by atoms with Crippen LogP contribution in [0.5, 0.6) is 5.75 Å². The maximum absolute atomic E-state index is 6.19. The molecular weight excluding hydrogens is 258 g/mol. The molecule has 2 rings (SSSR count). The van der Waals surface area contributed by atoms with Gasteiger partial charge in [-0.1, -0.05) is 25.4 Å². The molecule has 1 aromatic carbocycles. The summed E-state index contributed by atoms with van der Waals surface area (Å²) in [5.41, 5.74) is 1.16. The van der Waals surface area contributed by atoms with E-state index >= 15 is 0 Å². The van der Waals surface area contributed by atoms with Crippen molar-refractivity contribution in [2.24, 2.45) is 5.92 Å². The van der Waals surface area contributed by atoms with E-state index in [0.29, 0.717) is 6.10 Å². The van der Waals surface area contributed by atoms with Crippen molar-refractivity contribution in [3.8, 4) is 5.75 Å². The standard InChI is InChI=1S/C16H24ClNO/c1-3-18-11-13-10-14(17)6-9-16(13)19-15-7-4-12(2)5-8-15/h6,9-10,12,15,18H,3-5,7-8,11H2,1-2H3. The Bertz CT molecular complexity index is 400. The third kappa shape index (κ3) is 4.39. The summed E-state index contributed by atoms with van der Waals surface area (Å²) in [5.74, 6) is 1.84. The van der Waals surface area contributed by atoms with Crippen LogP contribution in [0.3, 0.4) is 0 Å². The third-order valence-corrected chi connectivity index (χ3v) is 4.08. The van der Waals surface area contributed by atoms with Crippen molar-refractivity contribution in [1.82, 2.24) is 5.32 Å². The molecule has 0 heterocycles. The van der Waals surface area contributed by atoms with Crippen molar-refractivity contribution in [2.75, 3.05) is 6.54 Å². The van der Waals surface area contributed by atoms with Crippen molar-refractivity contribution in [2.45, 2.75) is 52.2 Å². The summed E-state index contributed by atoms with van der Waals surface area (Å²) < 4.78 is 6.19. The summed E-state index contributed by atoms with van der Waals surface area (Å²) in [5, 5.41) is 4.11. The molecule has 0 bridgehead atoms. The van der Waals surface area contributed by atoms with Gasteiger partial charge in [0.05, 0.1) is 6.10 Å². The molecule has 1 aromatic rings. The van der Waals surface area contributed by atoms with Crippen LogP contribution >= 0.6 is 11.6 Å². The highest BCUT2D eigenvalue weighted by atomic mass is 35.5. The highest BCUT2D eigenvalue weighted by Gasteiger charge is 2.20. The first kappa shape index (κ1) is 14.7. The Morgan fingerprint density at radius 3 is 2.68 bits per heavy atom. The van der Waals surface area contributed by atoms with Gasteiger partial charge in [-0.25, -0.2) is 0 Å². The number of hydrogen-bond acceptors (Lipinski definition) is 2. The maximum Gasteiger partial charge on any atom is 0.124 e. The number of rotatable bonds is 5. The van der Waals surface area contributed by atoms with Crippen LogP contribution in [0.1, 0.15) is 45.1 Å². The lowest BCUT2D eigenvalue weighted by atomic mass is 9.89. The van der Waals surface area contributed by atoms with E-state index in [1.54, 1.807) is 0 Å². The largest absolute Gasteiger partial charge is 0.490 e. The van der Waals surface area contributed by atoms with Crippen LogP contribution in [0.25, 0.3) is 0 Å². The lowest BCUT2D eigenvalue weighted by Gasteiger charge is -2.27. The minimum atomic E-state index is 0.373. The summed E-state index contributed by atoms with van der Waals surface area (Å²) in [6.07, 6.45) is 5.27. The molecule has 1 fully saturated rings. The van der Waals surface area contributed by atoms with E-state index in [4.69, 9.17) is 16.3 Å². The minimum Gasteiger partial charge on any atom is -0.490 e. The van der Waals surface area contributed by atoms with Crippen molar-refractivity contribution >= 4 is 11.6 Å². The molecule has 0 radical (unpaired) electrons. The molecule has 1 N–H and O–H groups in total. The molecule has 0 atom stereocenters. The van der Waals surface area contributed by atoms with Gasteiger partial charge >= 0.3 is 0 Å². The fourth-order valence-corrected chi connectivity index (χ4v) is 2.78. The van der Waals surface area contributed by atoms with E-state index in [9.17, 15) is 0 Å². The molecule has 2 nitrogen and oxygen atoms in total. The van der Waals surface area contributed by atoms with Crippen LogP contribution in [0.2, 0.25) is 5.02 Å². The summed E-state index contributed by atoms with van der Waals surface area (Å²) in [6, 6.07) is 5.93. The summed E-state index contributed by atoms with van der Waals surface area (Å²) in [4.78, 5) is 0. The first-order valence-electron chi connectivity index (χ1n) is 7.34. The third-order valence-electron chi connectivity index (χ3n) is 3.84. The maximum atomic E-state index is 6.19. The number of hydrogen-bond donors (Lipinski definition) is 1. The smallest absolute Gasteiger partial charge is 0.124 e. The number of nitrogens with one attached hydrogen (secondary N) is 1. The van der Waals surface area contributed by atoms with Crippen LogP contribution in [0.4, 0.5) is 0 Å².